The van der Waals surface area contributed by atoms with Crippen LogP contribution in [0.3, 0.4) is 0 Å². The first-order chi connectivity index (χ1) is 9.10. The largest absolute Gasteiger partial charge is 0.437 e. The summed E-state index contributed by atoms with van der Waals surface area (Å²) in [5.74, 6) is 0.404. The van der Waals surface area contributed by atoms with Crippen LogP contribution >= 0.6 is 11.6 Å². The number of halogens is 2. The number of aromatic nitrogens is 1. The van der Waals surface area contributed by atoms with Gasteiger partial charge >= 0.3 is 0 Å². The molecule has 19 heavy (non-hydrogen) atoms. The Bertz CT molecular complexity index is 577. The molecule has 0 aliphatic heterocycles. The molecule has 3 nitrogen and oxygen atoms in total. The maximum absolute atomic E-state index is 12.9. The zero-order chi connectivity index (χ0) is 13.8. The van der Waals surface area contributed by atoms with Gasteiger partial charge in [-0.3, -0.25) is 0 Å². The fourth-order valence-corrected chi connectivity index (χ4v) is 1.79. The van der Waals surface area contributed by atoms with Crippen molar-refractivity contribution in [1.29, 1.82) is 0 Å². The molecular weight excluding hydrogens is 267 g/mol. The normalized spacial score (nSPS) is 12.2. The van der Waals surface area contributed by atoms with Crippen molar-refractivity contribution in [2.45, 2.75) is 13.0 Å². The van der Waals surface area contributed by atoms with Gasteiger partial charge in [-0.2, -0.15) is 0 Å². The molecule has 2 aromatic rings. The van der Waals surface area contributed by atoms with Gasteiger partial charge in [0.1, 0.15) is 11.6 Å². The molecule has 0 spiro atoms. The van der Waals surface area contributed by atoms with Crippen LogP contribution in [-0.2, 0) is 0 Å². The lowest BCUT2D eigenvalue weighted by atomic mass is 10.1. The number of nitrogens with one attached hydrogen (secondary N) is 1. The highest BCUT2D eigenvalue weighted by atomic mass is 35.5. The van der Waals surface area contributed by atoms with E-state index in [9.17, 15) is 4.39 Å². The van der Waals surface area contributed by atoms with Crippen LogP contribution in [-0.4, -0.2) is 12.0 Å². The molecule has 0 amide bonds. The van der Waals surface area contributed by atoms with Gasteiger partial charge in [-0.25, -0.2) is 9.37 Å². The van der Waals surface area contributed by atoms with Crippen molar-refractivity contribution in [1.82, 2.24) is 10.3 Å². The summed E-state index contributed by atoms with van der Waals surface area (Å²) in [6, 6.07) is 7.89. The Hall–Kier alpha value is -1.65. The zero-order valence-corrected chi connectivity index (χ0v) is 11.4. The molecule has 0 saturated carbocycles. The monoisotopic (exact) mass is 280 g/mol. The highest BCUT2D eigenvalue weighted by molar-refractivity contribution is 6.32. The Morgan fingerprint density at radius 3 is 2.79 bits per heavy atom. The topological polar surface area (TPSA) is 34.2 Å². The van der Waals surface area contributed by atoms with E-state index >= 15 is 0 Å². The van der Waals surface area contributed by atoms with Gasteiger partial charge in [0.05, 0.1) is 5.02 Å². The third-order valence-corrected chi connectivity index (χ3v) is 3.10. The summed E-state index contributed by atoms with van der Waals surface area (Å²) in [7, 11) is 1.88. The highest BCUT2D eigenvalue weighted by Gasteiger charge is 2.08. The summed E-state index contributed by atoms with van der Waals surface area (Å²) in [6.07, 6.45) is 1.66. The van der Waals surface area contributed by atoms with E-state index in [1.54, 1.807) is 6.20 Å². The predicted molar refractivity (Wildman–Crippen MR) is 73.2 cm³/mol. The lowest BCUT2D eigenvalue weighted by Crippen LogP contribution is -2.12. The van der Waals surface area contributed by atoms with Crippen molar-refractivity contribution in [3.8, 4) is 11.6 Å². The third-order valence-electron chi connectivity index (χ3n) is 2.80. The second-order valence-corrected chi connectivity index (χ2v) is 4.52. The summed E-state index contributed by atoms with van der Waals surface area (Å²) in [6.45, 7) is 2.03. The van der Waals surface area contributed by atoms with Gasteiger partial charge in [0.15, 0.2) is 0 Å². The first-order valence-electron chi connectivity index (χ1n) is 5.86. The Kier molecular flexibility index (Phi) is 4.35. The molecule has 100 valence electrons. The van der Waals surface area contributed by atoms with Gasteiger partial charge in [-0.05, 0) is 43.8 Å². The van der Waals surface area contributed by atoms with E-state index in [0.717, 1.165) is 5.56 Å². The van der Waals surface area contributed by atoms with Crippen molar-refractivity contribution < 1.29 is 9.13 Å². The standard InChI is InChI=1S/C14H14ClFN2O/c1-9(17-2)10-5-6-18-14(7-10)19-13-4-3-11(16)8-12(13)15/h3-9,17H,1-2H3. The number of nitrogens with zero attached hydrogens (tertiary/aromatic N) is 1. The molecule has 0 radical (unpaired) electrons. The Morgan fingerprint density at radius 2 is 2.11 bits per heavy atom. The summed E-state index contributed by atoms with van der Waals surface area (Å²) < 4.78 is 18.5. The fraction of sp³-hybridized carbons (Fsp3) is 0.214. The lowest BCUT2D eigenvalue weighted by molar-refractivity contribution is 0.459. The first-order valence-corrected chi connectivity index (χ1v) is 6.24. The second-order valence-electron chi connectivity index (χ2n) is 4.11. The number of hydrogen-bond donors (Lipinski definition) is 1. The minimum atomic E-state index is -0.400. The van der Waals surface area contributed by atoms with E-state index < -0.39 is 5.82 Å². The van der Waals surface area contributed by atoms with Crippen LogP contribution < -0.4 is 10.1 Å². The summed E-state index contributed by atoms with van der Waals surface area (Å²) in [5.41, 5.74) is 1.05. The van der Waals surface area contributed by atoms with Gasteiger partial charge in [0, 0.05) is 18.3 Å². The third kappa shape index (κ3) is 3.43. The smallest absolute Gasteiger partial charge is 0.219 e. The first kappa shape index (κ1) is 13.8. The quantitative estimate of drug-likeness (QED) is 0.921. The van der Waals surface area contributed by atoms with E-state index in [4.69, 9.17) is 16.3 Å². The SMILES string of the molecule is CNC(C)c1ccnc(Oc2ccc(F)cc2Cl)c1. The van der Waals surface area contributed by atoms with E-state index in [1.807, 2.05) is 26.1 Å². The van der Waals surface area contributed by atoms with Crippen molar-refractivity contribution >= 4 is 11.6 Å². The molecule has 1 heterocycles. The van der Waals surface area contributed by atoms with Crippen molar-refractivity contribution in [3.05, 3.63) is 52.9 Å². The van der Waals surface area contributed by atoms with Gasteiger partial charge in [-0.1, -0.05) is 11.6 Å². The molecule has 0 aliphatic rings. The lowest BCUT2D eigenvalue weighted by Gasteiger charge is -2.12. The molecule has 1 unspecified atom stereocenters. The molecule has 0 saturated heterocycles. The molecule has 5 heteroatoms. The van der Waals surface area contributed by atoms with Crippen LogP contribution in [0, 0.1) is 5.82 Å². The fourth-order valence-electron chi connectivity index (χ4n) is 1.59. The maximum atomic E-state index is 12.9. The van der Waals surface area contributed by atoms with Gasteiger partial charge in [-0.15, -0.1) is 0 Å². The predicted octanol–water partition coefficient (Wildman–Crippen LogP) is 3.95. The summed E-state index contributed by atoms with van der Waals surface area (Å²) in [5, 5.41) is 3.35. The van der Waals surface area contributed by atoms with Gasteiger partial charge < -0.3 is 10.1 Å². The molecule has 1 N–H and O–H groups in total. The second kappa shape index (κ2) is 5.99. The highest BCUT2D eigenvalue weighted by Crippen LogP contribution is 2.29. The molecule has 1 aromatic carbocycles. The van der Waals surface area contributed by atoms with Gasteiger partial charge in [0.25, 0.3) is 0 Å². The number of rotatable bonds is 4. The number of pyridine rings is 1. The Labute approximate surface area is 116 Å². The van der Waals surface area contributed by atoms with E-state index in [-0.39, 0.29) is 11.1 Å². The van der Waals surface area contributed by atoms with E-state index in [1.165, 1.54) is 18.2 Å². The van der Waals surface area contributed by atoms with Crippen LogP contribution in [0.5, 0.6) is 11.6 Å². The van der Waals surface area contributed by atoms with E-state index in [0.29, 0.717) is 11.6 Å². The number of hydrogen-bond acceptors (Lipinski definition) is 3. The number of benzene rings is 1. The molecular formula is C14H14ClFN2O. The molecule has 1 atom stereocenters. The van der Waals surface area contributed by atoms with Crippen LogP contribution in [0.2, 0.25) is 5.02 Å². The van der Waals surface area contributed by atoms with Gasteiger partial charge in [0.2, 0.25) is 5.88 Å². The summed E-state index contributed by atoms with van der Waals surface area (Å²) in [4.78, 5) is 4.11. The van der Waals surface area contributed by atoms with Crippen LogP contribution in [0.15, 0.2) is 36.5 Å². The van der Waals surface area contributed by atoms with Crippen molar-refractivity contribution in [2.24, 2.45) is 0 Å². The molecule has 0 bridgehead atoms. The zero-order valence-electron chi connectivity index (χ0n) is 10.7. The molecule has 2 rings (SSSR count). The molecule has 0 fully saturated rings. The van der Waals surface area contributed by atoms with Crippen molar-refractivity contribution in [2.75, 3.05) is 7.05 Å². The number of ether oxygens (including phenoxy) is 1. The average Bonchev–Trinajstić information content (AvgIpc) is 2.41. The van der Waals surface area contributed by atoms with Crippen molar-refractivity contribution in [3.63, 3.8) is 0 Å². The minimum Gasteiger partial charge on any atom is -0.437 e. The molecule has 1 aromatic heterocycles. The maximum Gasteiger partial charge on any atom is 0.219 e. The van der Waals surface area contributed by atoms with Crippen LogP contribution in [0.25, 0.3) is 0 Å². The average molecular weight is 281 g/mol. The minimum absolute atomic E-state index is 0.189. The molecule has 0 aliphatic carbocycles. The Morgan fingerprint density at radius 1 is 1.32 bits per heavy atom. The van der Waals surface area contributed by atoms with Crippen LogP contribution in [0.1, 0.15) is 18.5 Å². The van der Waals surface area contributed by atoms with E-state index in [2.05, 4.69) is 10.3 Å². The Balaban J connectivity index is 2.23. The van der Waals surface area contributed by atoms with Crippen LogP contribution in [0.4, 0.5) is 4.39 Å². The summed E-state index contributed by atoms with van der Waals surface area (Å²) >= 11 is 5.90.